The first-order valence-corrected chi connectivity index (χ1v) is 11.4. The highest BCUT2D eigenvalue weighted by molar-refractivity contribution is 6.66. The first-order valence-electron chi connectivity index (χ1n) is 9.59. The summed E-state index contributed by atoms with van der Waals surface area (Å²) in [5, 5.41) is 0. The summed E-state index contributed by atoms with van der Waals surface area (Å²) in [6.45, 7) is 14.2. The van der Waals surface area contributed by atoms with Crippen molar-refractivity contribution in [1.29, 1.82) is 0 Å². The minimum Gasteiger partial charge on any atom is -0.383 e. The monoisotopic (exact) mass is 327 g/mol. The molecule has 3 nitrogen and oxygen atoms in total. The topological polar surface area (TPSA) is 21.7 Å². The van der Waals surface area contributed by atoms with Crippen LogP contribution in [0.15, 0.2) is 0 Å². The van der Waals surface area contributed by atoms with Crippen LogP contribution in [0.1, 0.15) is 73.1 Å². The fourth-order valence-electron chi connectivity index (χ4n) is 4.49. The summed E-state index contributed by atoms with van der Waals surface area (Å²) >= 11 is 0. The Morgan fingerprint density at radius 2 is 1.50 bits per heavy atom. The van der Waals surface area contributed by atoms with Crippen LogP contribution >= 0.6 is 0 Å². The molecule has 4 heteroatoms. The fraction of sp³-hybridized carbons (Fsp3) is 1.00. The summed E-state index contributed by atoms with van der Waals surface area (Å²) in [5.41, 5.74) is 0.649. The molecule has 0 aromatic heterocycles. The lowest BCUT2D eigenvalue weighted by molar-refractivity contribution is 0.0582. The van der Waals surface area contributed by atoms with Crippen LogP contribution in [0.3, 0.4) is 0 Å². The van der Waals surface area contributed by atoms with E-state index in [0.29, 0.717) is 11.6 Å². The summed E-state index contributed by atoms with van der Waals surface area (Å²) in [5.74, 6) is 1.63. The van der Waals surface area contributed by atoms with Crippen molar-refractivity contribution in [2.24, 2.45) is 11.8 Å². The van der Waals surface area contributed by atoms with Gasteiger partial charge in [-0.3, -0.25) is 4.57 Å². The van der Waals surface area contributed by atoms with Gasteiger partial charge >= 0.3 is 8.72 Å². The molecule has 0 radical (unpaired) electrons. The van der Waals surface area contributed by atoms with Crippen molar-refractivity contribution in [3.8, 4) is 0 Å². The number of hydrogen-bond acceptors (Lipinski definition) is 3. The van der Waals surface area contributed by atoms with Crippen molar-refractivity contribution in [2.75, 3.05) is 19.8 Å². The lowest BCUT2D eigenvalue weighted by Crippen LogP contribution is -2.67. The molecule has 2 aliphatic rings. The normalized spacial score (nSPS) is 34.8. The Labute approximate surface area is 139 Å². The molecule has 1 aliphatic heterocycles. The largest absolute Gasteiger partial charge is 0.431 e. The van der Waals surface area contributed by atoms with E-state index in [9.17, 15) is 0 Å². The predicted octanol–water partition coefficient (Wildman–Crippen LogP) is 4.70. The van der Waals surface area contributed by atoms with Crippen molar-refractivity contribution in [3.05, 3.63) is 0 Å². The predicted molar refractivity (Wildman–Crippen MR) is 95.0 cm³/mol. The molecule has 2 fully saturated rings. The van der Waals surface area contributed by atoms with Gasteiger partial charge in [-0.05, 0) is 64.8 Å². The van der Waals surface area contributed by atoms with Crippen LogP contribution in [0, 0.1) is 11.8 Å². The summed E-state index contributed by atoms with van der Waals surface area (Å²) in [7, 11) is -2.29. The zero-order valence-corrected chi connectivity index (χ0v) is 16.4. The van der Waals surface area contributed by atoms with Gasteiger partial charge in [0.15, 0.2) is 0 Å². The molecule has 2 rings (SSSR count). The molecule has 0 N–H and O–H groups in total. The first kappa shape index (κ1) is 18.4. The molecule has 1 heterocycles. The lowest BCUT2D eigenvalue weighted by atomic mass is 9.90. The highest BCUT2D eigenvalue weighted by Crippen LogP contribution is 2.44. The van der Waals surface area contributed by atoms with Gasteiger partial charge in [-0.1, -0.05) is 26.7 Å². The van der Waals surface area contributed by atoms with Crippen LogP contribution in [0.25, 0.3) is 0 Å². The van der Waals surface area contributed by atoms with Crippen LogP contribution in [0.2, 0.25) is 5.54 Å². The van der Waals surface area contributed by atoms with Gasteiger partial charge in [0.1, 0.15) is 0 Å². The highest BCUT2D eigenvalue weighted by Gasteiger charge is 2.54. The van der Waals surface area contributed by atoms with E-state index >= 15 is 0 Å². The Kier molecular flexibility index (Phi) is 6.93. The second kappa shape index (κ2) is 8.27. The van der Waals surface area contributed by atoms with Crippen molar-refractivity contribution in [3.63, 3.8) is 0 Å². The average molecular weight is 328 g/mol. The number of nitrogens with zero attached hydrogens (tertiary/aromatic N) is 1. The second-order valence-corrected chi connectivity index (χ2v) is 10.7. The van der Waals surface area contributed by atoms with E-state index in [0.717, 1.165) is 25.0 Å². The minimum absolute atomic E-state index is 0.595. The maximum Gasteiger partial charge on any atom is 0.431 e. The van der Waals surface area contributed by atoms with Gasteiger partial charge < -0.3 is 8.85 Å². The van der Waals surface area contributed by atoms with Crippen LogP contribution in [0.4, 0.5) is 0 Å². The van der Waals surface area contributed by atoms with E-state index in [-0.39, 0.29) is 0 Å². The Morgan fingerprint density at radius 3 is 2.05 bits per heavy atom. The van der Waals surface area contributed by atoms with E-state index < -0.39 is 8.72 Å². The Bertz CT molecular complexity index is 325. The molecule has 0 aromatic carbocycles. The maximum atomic E-state index is 6.55. The Balaban J connectivity index is 2.26. The summed E-state index contributed by atoms with van der Waals surface area (Å²) in [6, 6.07) is 0.595. The third-order valence-corrected chi connectivity index (χ3v) is 10.5. The molecule has 0 aromatic rings. The molecular formula is C18H37NO2Si. The van der Waals surface area contributed by atoms with Gasteiger partial charge in [-0.15, -0.1) is 0 Å². The van der Waals surface area contributed by atoms with Gasteiger partial charge in [0.05, 0.1) is 0 Å². The van der Waals surface area contributed by atoms with Crippen LogP contribution in [-0.4, -0.2) is 39.1 Å². The van der Waals surface area contributed by atoms with Crippen molar-refractivity contribution in [1.82, 2.24) is 4.57 Å². The molecule has 2 atom stereocenters. The highest BCUT2D eigenvalue weighted by atomic mass is 28.4. The van der Waals surface area contributed by atoms with E-state index in [4.69, 9.17) is 8.85 Å². The zero-order valence-electron chi connectivity index (χ0n) is 15.4. The molecule has 0 bridgehead atoms. The molecule has 1 saturated carbocycles. The smallest absolute Gasteiger partial charge is 0.383 e. The van der Waals surface area contributed by atoms with Gasteiger partial charge in [-0.2, -0.15) is 0 Å². The molecule has 130 valence electrons. The summed E-state index contributed by atoms with van der Waals surface area (Å²) < 4.78 is 15.8. The van der Waals surface area contributed by atoms with Gasteiger partial charge in [0.2, 0.25) is 0 Å². The SMILES string of the molecule is CCO[Si](OCC)(C1CCC(C)CC1)N1CCCC(C)C1C. The molecule has 0 amide bonds. The minimum atomic E-state index is -2.29. The van der Waals surface area contributed by atoms with Crippen molar-refractivity contribution in [2.45, 2.75) is 84.7 Å². The second-order valence-electron chi connectivity index (χ2n) is 7.51. The summed E-state index contributed by atoms with van der Waals surface area (Å²) in [6.07, 6.45) is 7.93. The van der Waals surface area contributed by atoms with Gasteiger partial charge in [0, 0.05) is 24.8 Å². The molecule has 22 heavy (non-hydrogen) atoms. The van der Waals surface area contributed by atoms with Gasteiger partial charge in [-0.25, -0.2) is 0 Å². The van der Waals surface area contributed by atoms with E-state index in [2.05, 4.69) is 39.2 Å². The van der Waals surface area contributed by atoms with E-state index in [1.165, 1.54) is 45.1 Å². The van der Waals surface area contributed by atoms with E-state index in [1.54, 1.807) is 0 Å². The van der Waals surface area contributed by atoms with Crippen LogP contribution < -0.4 is 0 Å². The maximum absolute atomic E-state index is 6.55. The van der Waals surface area contributed by atoms with Gasteiger partial charge in [0.25, 0.3) is 0 Å². The quantitative estimate of drug-likeness (QED) is 0.660. The zero-order chi connectivity index (χ0) is 16.2. The number of rotatable bonds is 6. The van der Waals surface area contributed by atoms with Crippen molar-refractivity contribution < 1.29 is 8.85 Å². The Hall–Kier alpha value is 0.0969. The third-order valence-electron chi connectivity index (χ3n) is 6.01. The first-order chi connectivity index (χ1) is 10.5. The standard InChI is InChI=1S/C18H37NO2Si/c1-6-20-22(21-7-2,18-12-10-15(3)11-13-18)19-14-8-9-16(4)17(19)5/h15-18H,6-14H2,1-5H3. The fourth-order valence-corrected chi connectivity index (χ4v) is 9.03. The van der Waals surface area contributed by atoms with Crippen LogP contribution in [-0.2, 0) is 8.85 Å². The molecular weight excluding hydrogens is 290 g/mol. The number of piperidine rings is 1. The molecule has 2 unspecified atom stereocenters. The molecule has 0 spiro atoms. The third kappa shape index (κ3) is 3.77. The average Bonchev–Trinajstić information content (AvgIpc) is 2.50. The van der Waals surface area contributed by atoms with Crippen molar-refractivity contribution >= 4 is 8.72 Å². The van der Waals surface area contributed by atoms with E-state index in [1.807, 2.05) is 0 Å². The van der Waals surface area contributed by atoms with Crippen LogP contribution in [0.5, 0.6) is 0 Å². The number of hydrogen-bond donors (Lipinski definition) is 0. The lowest BCUT2D eigenvalue weighted by Gasteiger charge is -2.51. The molecule has 1 saturated heterocycles. The summed E-state index contributed by atoms with van der Waals surface area (Å²) in [4.78, 5) is 0. The molecule has 1 aliphatic carbocycles. The Morgan fingerprint density at radius 1 is 0.909 bits per heavy atom.